The van der Waals surface area contributed by atoms with Crippen molar-refractivity contribution in [2.45, 2.75) is 25.1 Å². The fourth-order valence-electron chi connectivity index (χ4n) is 2.32. The molecule has 7 heteroatoms. The zero-order valence-corrected chi connectivity index (χ0v) is 11.3. The van der Waals surface area contributed by atoms with E-state index in [2.05, 4.69) is 5.32 Å². The van der Waals surface area contributed by atoms with Crippen LogP contribution in [0.25, 0.3) is 0 Å². The normalized spacial score (nSPS) is 22.4. The van der Waals surface area contributed by atoms with Gasteiger partial charge in [-0.15, -0.1) is 12.4 Å². The lowest BCUT2D eigenvalue weighted by Gasteiger charge is -2.10. The average Bonchev–Trinajstić information content (AvgIpc) is 2.77. The van der Waals surface area contributed by atoms with Crippen LogP contribution in [-0.2, 0) is 17.4 Å². The van der Waals surface area contributed by atoms with E-state index < -0.39 is 23.8 Å². The Morgan fingerprint density at radius 2 is 1.90 bits per heavy atom. The molecule has 0 amide bonds. The molecule has 1 aromatic carbocycles. The van der Waals surface area contributed by atoms with Gasteiger partial charge in [0.2, 0.25) is 0 Å². The summed E-state index contributed by atoms with van der Waals surface area (Å²) in [6, 6.07) is 4.49. The molecule has 2 atom stereocenters. The first kappa shape index (κ1) is 16.8. The Balaban J connectivity index is 0.00000200. The minimum atomic E-state index is -4.32. The van der Waals surface area contributed by atoms with Crippen LogP contribution in [-0.4, -0.2) is 23.7 Å². The van der Waals surface area contributed by atoms with Gasteiger partial charge in [-0.2, -0.15) is 13.2 Å². The number of nitrogens with one attached hydrogen (secondary N) is 1. The van der Waals surface area contributed by atoms with Crippen LogP contribution in [0.2, 0.25) is 0 Å². The summed E-state index contributed by atoms with van der Waals surface area (Å²) in [5.74, 6) is -0.729. The number of rotatable bonds is 3. The van der Waals surface area contributed by atoms with Gasteiger partial charge in [0.05, 0.1) is 5.56 Å². The molecule has 112 valence electrons. The van der Waals surface area contributed by atoms with Crippen LogP contribution < -0.4 is 5.32 Å². The Kier molecular flexibility index (Phi) is 5.42. The number of alkyl halides is 3. The number of carboxylic acid groups (broad SMARTS) is 1. The van der Waals surface area contributed by atoms with E-state index in [1.165, 1.54) is 12.1 Å². The lowest BCUT2D eigenvalue weighted by molar-refractivity contribution is -0.139. The molecule has 1 fully saturated rings. The summed E-state index contributed by atoms with van der Waals surface area (Å²) >= 11 is 0. The summed E-state index contributed by atoms with van der Waals surface area (Å²) in [6.45, 7) is 0.581. The van der Waals surface area contributed by atoms with Crippen LogP contribution in [0.1, 0.15) is 17.5 Å². The lowest BCUT2D eigenvalue weighted by Crippen LogP contribution is -2.29. The maximum Gasteiger partial charge on any atom is 0.416 e. The molecule has 2 N–H and O–H groups in total. The Hall–Kier alpha value is -1.27. The van der Waals surface area contributed by atoms with Crippen LogP contribution in [0, 0.1) is 5.92 Å². The number of halogens is 4. The summed E-state index contributed by atoms with van der Waals surface area (Å²) in [4.78, 5) is 10.8. The summed E-state index contributed by atoms with van der Waals surface area (Å²) in [6.07, 6.45) is -3.22. The number of benzene rings is 1. The molecule has 0 bridgehead atoms. The summed E-state index contributed by atoms with van der Waals surface area (Å²) in [7, 11) is 0. The molecule has 1 aliphatic heterocycles. The Morgan fingerprint density at radius 1 is 1.30 bits per heavy atom. The van der Waals surface area contributed by atoms with Gasteiger partial charge in [-0.05, 0) is 43.0 Å². The zero-order chi connectivity index (χ0) is 14.0. The molecular formula is C13H15ClF3NO2. The first-order valence-electron chi connectivity index (χ1n) is 5.98. The highest BCUT2D eigenvalue weighted by Crippen LogP contribution is 2.29. The Labute approximate surface area is 120 Å². The SMILES string of the molecule is Cl.O=C(O)C1CC(Cc2ccc(C(F)(F)F)cc2)CN1. The highest BCUT2D eigenvalue weighted by molar-refractivity contribution is 5.85. The monoisotopic (exact) mass is 309 g/mol. The number of aliphatic carboxylic acids is 1. The van der Waals surface area contributed by atoms with Crippen LogP contribution in [0.4, 0.5) is 13.2 Å². The molecule has 0 aliphatic carbocycles. The largest absolute Gasteiger partial charge is 0.480 e. The third-order valence-corrected chi connectivity index (χ3v) is 3.33. The van der Waals surface area contributed by atoms with Crippen molar-refractivity contribution >= 4 is 18.4 Å². The third-order valence-electron chi connectivity index (χ3n) is 3.33. The smallest absolute Gasteiger partial charge is 0.416 e. The molecule has 0 aromatic heterocycles. The standard InChI is InChI=1S/C13H14F3NO2.ClH/c14-13(15,16)10-3-1-8(2-4-10)5-9-6-11(12(18)19)17-7-9;/h1-4,9,11,17H,5-7H2,(H,18,19);1H. The van der Waals surface area contributed by atoms with Gasteiger partial charge in [0.25, 0.3) is 0 Å². The highest BCUT2D eigenvalue weighted by atomic mass is 35.5. The van der Waals surface area contributed by atoms with E-state index >= 15 is 0 Å². The molecule has 2 rings (SSSR count). The fraction of sp³-hybridized carbons (Fsp3) is 0.462. The number of hydrogen-bond acceptors (Lipinski definition) is 2. The highest BCUT2D eigenvalue weighted by Gasteiger charge is 2.31. The molecular weight excluding hydrogens is 295 g/mol. The van der Waals surface area contributed by atoms with Crippen molar-refractivity contribution in [1.29, 1.82) is 0 Å². The average molecular weight is 310 g/mol. The maximum atomic E-state index is 12.4. The van der Waals surface area contributed by atoms with Gasteiger partial charge in [-0.25, -0.2) is 0 Å². The molecule has 0 radical (unpaired) electrons. The van der Waals surface area contributed by atoms with E-state index in [1.54, 1.807) is 0 Å². The van der Waals surface area contributed by atoms with Crippen molar-refractivity contribution in [3.63, 3.8) is 0 Å². The van der Waals surface area contributed by atoms with Crippen molar-refractivity contribution in [1.82, 2.24) is 5.32 Å². The van der Waals surface area contributed by atoms with Gasteiger partial charge in [0.1, 0.15) is 6.04 Å². The molecule has 1 aliphatic rings. The first-order valence-corrected chi connectivity index (χ1v) is 5.98. The van der Waals surface area contributed by atoms with E-state index in [0.29, 0.717) is 19.4 Å². The second-order valence-corrected chi connectivity index (χ2v) is 4.80. The van der Waals surface area contributed by atoms with E-state index in [-0.39, 0.29) is 18.3 Å². The van der Waals surface area contributed by atoms with Gasteiger partial charge in [0, 0.05) is 0 Å². The van der Waals surface area contributed by atoms with E-state index in [9.17, 15) is 18.0 Å². The van der Waals surface area contributed by atoms with E-state index in [0.717, 1.165) is 17.7 Å². The minimum Gasteiger partial charge on any atom is -0.480 e. The van der Waals surface area contributed by atoms with Gasteiger partial charge in [-0.1, -0.05) is 12.1 Å². The van der Waals surface area contributed by atoms with Crippen molar-refractivity contribution < 1.29 is 23.1 Å². The Morgan fingerprint density at radius 3 is 2.35 bits per heavy atom. The third kappa shape index (κ3) is 4.11. The van der Waals surface area contributed by atoms with Gasteiger partial charge < -0.3 is 10.4 Å². The first-order chi connectivity index (χ1) is 8.86. The van der Waals surface area contributed by atoms with Crippen LogP contribution in [0.3, 0.4) is 0 Å². The predicted molar refractivity (Wildman–Crippen MR) is 69.9 cm³/mol. The quantitative estimate of drug-likeness (QED) is 0.902. The second kappa shape index (κ2) is 6.45. The van der Waals surface area contributed by atoms with Crippen LogP contribution in [0.15, 0.2) is 24.3 Å². The summed E-state index contributed by atoms with van der Waals surface area (Å²) < 4.78 is 37.2. The van der Waals surface area contributed by atoms with Crippen molar-refractivity contribution in [2.75, 3.05) is 6.54 Å². The maximum absolute atomic E-state index is 12.4. The second-order valence-electron chi connectivity index (χ2n) is 4.80. The molecule has 1 heterocycles. The van der Waals surface area contributed by atoms with Gasteiger partial charge in [0.15, 0.2) is 0 Å². The van der Waals surface area contributed by atoms with Crippen molar-refractivity contribution in [3.8, 4) is 0 Å². The van der Waals surface area contributed by atoms with Crippen molar-refractivity contribution in [2.24, 2.45) is 5.92 Å². The van der Waals surface area contributed by atoms with E-state index in [1.807, 2.05) is 0 Å². The lowest BCUT2D eigenvalue weighted by atomic mass is 9.96. The fourth-order valence-corrected chi connectivity index (χ4v) is 2.32. The molecule has 20 heavy (non-hydrogen) atoms. The van der Waals surface area contributed by atoms with Gasteiger partial charge in [-0.3, -0.25) is 4.79 Å². The topological polar surface area (TPSA) is 49.3 Å². The molecule has 1 saturated heterocycles. The number of hydrogen-bond donors (Lipinski definition) is 2. The molecule has 0 saturated carbocycles. The van der Waals surface area contributed by atoms with E-state index in [4.69, 9.17) is 5.11 Å². The summed E-state index contributed by atoms with van der Waals surface area (Å²) in [5, 5.41) is 11.7. The number of carbonyl (C=O) groups is 1. The molecule has 1 aromatic rings. The molecule has 0 spiro atoms. The van der Waals surface area contributed by atoms with Gasteiger partial charge >= 0.3 is 12.1 Å². The van der Waals surface area contributed by atoms with Crippen molar-refractivity contribution in [3.05, 3.63) is 35.4 Å². The minimum absolute atomic E-state index is 0. The summed E-state index contributed by atoms with van der Waals surface area (Å²) in [5.41, 5.74) is 0.134. The Bertz CT molecular complexity index is 462. The zero-order valence-electron chi connectivity index (χ0n) is 10.5. The molecule has 2 unspecified atom stereocenters. The van der Waals surface area contributed by atoms with Crippen LogP contribution in [0.5, 0.6) is 0 Å². The predicted octanol–water partition coefficient (Wildman–Crippen LogP) is 2.73. The van der Waals surface area contributed by atoms with Crippen LogP contribution >= 0.6 is 12.4 Å². The molecule has 3 nitrogen and oxygen atoms in total. The number of carboxylic acids is 1.